The van der Waals surface area contributed by atoms with Crippen LogP contribution in [0.3, 0.4) is 0 Å². The summed E-state index contributed by atoms with van der Waals surface area (Å²) in [7, 11) is 0. The van der Waals surface area contributed by atoms with E-state index in [0.29, 0.717) is 0 Å². The van der Waals surface area contributed by atoms with E-state index in [1.54, 1.807) is 19.3 Å². The van der Waals surface area contributed by atoms with E-state index in [1.807, 2.05) is 0 Å². The van der Waals surface area contributed by atoms with E-state index >= 15 is 0 Å². The summed E-state index contributed by atoms with van der Waals surface area (Å²) in [5.74, 6) is 6.37. The Kier molecular flexibility index (Phi) is 2.00. The second-order valence-electron chi connectivity index (χ2n) is 5.89. The molecule has 6 atom stereocenters. The van der Waals surface area contributed by atoms with Gasteiger partial charge in [0.1, 0.15) is 0 Å². The highest BCUT2D eigenvalue weighted by molar-refractivity contribution is 5.09. The fraction of sp³-hybridized carbons (Fsp3) is 0.857. The van der Waals surface area contributed by atoms with E-state index in [-0.39, 0.29) is 0 Å². The Balaban J connectivity index is 1.87. The number of fused-ring (bicyclic) bond motifs is 5. The Hall–Kier alpha value is -0.260. The van der Waals surface area contributed by atoms with Crippen LogP contribution in [0.25, 0.3) is 0 Å². The summed E-state index contributed by atoms with van der Waals surface area (Å²) in [6.45, 7) is 4.69. The van der Waals surface area contributed by atoms with Crippen molar-refractivity contribution in [3.05, 3.63) is 12.2 Å². The van der Waals surface area contributed by atoms with Crippen LogP contribution in [0, 0.1) is 35.5 Å². The summed E-state index contributed by atoms with van der Waals surface area (Å²) in [4.78, 5) is 0. The Morgan fingerprint density at radius 3 is 2.43 bits per heavy atom. The molecule has 0 heteroatoms. The maximum Gasteiger partial charge on any atom is -0.0197 e. The molecule has 3 saturated carbocycles. The van der Waals surface area contributed by atoms with Crippen LogP contribution < -0.4 is 0 Å². The molecule has 3 aliphatic rings. The highest BCUT2D eigenvalue weighted by Gasteiger charge is 2.55. The van der Waals surface area contributed by atoms with Crippen molar-refractivity contribution in [2.75, 3.05) is 0 Å². The molecule has 0 N–H and O–H groups in total. The predicted molar refractivity (Wildman–Crippen MR) is 59.9 cm³/mol. The lowest BCUT2D eigenvalue weighted by molar-refractivity contribution is 0.206. The molecule has 2 bridgehead atoms. The molecule has 0 radical (unpaired) electrons. The van der Waals surface area contributed by atoms with Gasteiger partial charge in [0.05, 0.1) is 0 Å². The Morgan fingerprint density at radius 1 is 1.00 bits per heavy atom. The normalized spacial score (nSPS) is 55.9. The first-order valence-corrected chi connectivity index (χ1v) is 6.44. The van der Waals surface area contributed by atoms with Crippen molar-refractivity contribution in [3.8, 4) is 0 Å². The smallest absolute Gasteiger partial charge is 0.0197 e. The van der Waals surface area contributed by atoms with Crippen LogP contribution in [-0.4, -0.2) is 0 Å². The highest BCUT2D eigenvalue weighted by Crippen LogP contribution is 2.62. The summed E-state index contributed by atoms with van der Waals surface area (Å²) in [6, 6.07) is 0. The third-order valence-corrected chi connectivity index (χ3v) is 5.28. The van der Waals surface area contributed by atoms with Gasteiger partial charge in [-0.25, -0.2) is 0 Å². The van der Waals surface area contributed by atoms with Crippen LogP contribution in [0.1, 0.15) is 39.5 Å². The molecule has 0 saturated heterocycles. The summed E-state index contributed by atoms with van der Waals surface area (Å²) in [5.41, 5.74) is 0. The van der Waals surface area contributed by atoms with E-state index in [4.69, 9.17) is 0 Å². The molecule has 78 valence electrons. The zero-order chi connectivity index (χ0) is 9.71. The van der Waals surface area contributed by atoms with Crippen LogP contribution in [0.15, 0.2) is 12.2 Å². The average molecular weight is 190 g/mol. The molecule has 0 heterocycles. The standard InChI is InChI=1S/C14H22/c1-3-4-10-7-9(2)13-11-5-6-12(8-11)14(10)13/h3-4,9-14H,5-8H2,1-2H3/b4-3+. The van der Waals surface area contributed by atoms with Crippen molar-refractivity contribution in [1.82, 2.24) is 0 Å². The van der Waals surface area contributed by atoms with Crippen molar-refractivity contribution >= 4 is 0 Å². The van der Waals surface area contributed by atoms with Gasteiger partial charge in [0, 0.05) is 0 Å². The van der Waals surface area contributed by atoms with Gasteiger partial charge in [0.25, 0.3) is 0 Å². The third-order valence-electron chi connectivity index (χ3n) is 5.28. The van der Waals surface area contributed by atoms with E-state index in [0.717, 1.165) is 35.5 Å². The van der Waals surface area contributed by atoms with Gasteiger partial charge in [-0.1, -0.05) is 19.1 Å². The molecule has 0 nitrogen and oxygen atoms in total. The fourth-order valence-corrected chi connectivity index (χ4v) is 5.06. The highest BCUT2D eigenvalue weighted by atomic mass is 14.6. The maximum atomic E-state index is 2.50. The van der Waals surface area contributed by atoms with Gasteiger partial charge in [-0.2, -0.15) is 0 Å². The van der Waals surface area contributed by atoms with E-state index in [2.05, 4.69) is 26.0 Å². The van der Waals surface area contributed by atoms with Crippen LogP contribution >= 0.6 is 0 Å². The largest absolute Gasteiger partial charge is 0.0914 e. The first-order valence-electron chi connectivity index (χ1n) is 6.44. The summed E-state index contributed by atoms with van der Waals surface area (Å²) < 4.78 is 0. The Bertz CT molecular complexity index is 253. The molecule has 0 aromatic carbocycles. The van der Waals surface area contributed by atoms with Gasteiger partial charge >= 0.3 is 0 Å². The third kappa shape index (κ3) is 1.06. The minimum absolute atomic E-state index is 0.940. The van der Waals surface area contributed by atoms with Crippen LogP contribution in [0.4, 0.5) is 0 Å². The van der Waals surface area contributed by atoms with E-state index in [1.165, 1.54) is 6.42 Å². The van der Waals surface area contributed by atoms with Crippen LogP contribution in [0.2, 0.25) is 0 Å². The molecule has 0 aromatic rings. The number of rotatable bonds is 1. The second-order valence-corrected chi connectivity index (χ2v) is 5.89. The molecule has 0 spiro atoms. The van der Waals surface area contributed by atoms with Crippen molar-refractivity contribution in [2.45, 2.75) is 39.5 Å². The average Bonchev–Trinajstić information content (AvgIpc) is 2.80. The van der Waals surface area contributed by atoms with Gasteiger partial charge in [-0.05, 0) is 68.1 Å². The van der Waals surface area contributed by atoms with Crippen molar-refractivity contribution in [2.24, 2.45) is 35.5 Å². The first kappa shape index (κ1) is 9.00. The van der Waals surface area contributed by atoms with Crippen molar-refractivity contribution in [1.29, 1.82) is 0 Å². The summed E-state index contributed by atoms with van der Waals surface area (Å²) in [5, 5.41) is 0. The van der Waals surface area contributed by atoms with Gasteiger partial charge in [0.15, 0.2) is 0 Å². The minimum Gasteiger partial charge on any atom is -0.0914 e. The Labute approximate surface area is 87.8 Å². The monoisotopic (exact) mass is 190 g/mol. The minimum atomic E-state index is 0.940. The summed E-state index contributed by atoms with van der Waals surface area (Å²) in [6.07, 6.45) is 10.9. The molecule has 3 rings (SSSR count). The molecule has 0 amide bonds. The molecule has 0 aliphatic heterocycles. The van der Waals surface area contributed by atoms with Gasteiger partial charge in [0.2, 0.25) is 0 Å². The summed E-state index contributed by atoms with van der Waals surface area (Å²) >= 11 is 0. The van der Waals surface area contributed by atoms with Gasteiger partial charge in [-0.15, -0.1) is 0 Å². The number of allylic oxidation sites excluding steroid dienone is 2. The topological polar surface area (TPSA) is 0 Å². The molecule has 14 heavy (non-hydrogen) atoms. The molecular weight excluding hydrogens is 168 g/mol. The van der Waals surface area contributed by atoms with Gasteiger partial charge in [-0.3, -0.25) is 0 Å². The van der Waals surface area contributed by atoms with Crippen molar-refractivity contribution < 1.29 is 0 Å². The SMILES string of the molecule is C/C=C/C1CC(C)C2C3CCC(C3)C12. The molecule has 3 fully saturated rings. The first-order chi connectivity index (χ1) is 6.81. The van der Waals surface area contributed by atoms with Gasteiger partial charge < -0.3 is 0 Å². The Morgan fingerprint density at radius 2 is 1.71 bits per heavy atom. The van der Waals surface area contributed by atoms with E-state index in [9.17, 15) is 0 Å². The quantitative estimate of drug-likeness (QED) is 0.550. The molecule has 3 aliphatic carbocycles. The number of hydrogen-bond acceptors (Lipinski definition) is 0. The lowest BCUT2D eigenvalue weighted by atomic mass is 9.76. The fourth-order valence-electron chi connectivity index (χ4n) is 5.06. The second kappa shape index (κ2) is 3.12. The van der Waals surface area contributed by atoms with Crippen LogP contribution in [-0.2, 0) is 0 Å². The lowest BCUT2D eigenvalue weighted by Crippen LogP contribution is -2.23. The molecule has 0 aromatic heterocycles. The molecular formula is C14H22. The number of hydrogen-bond donors (Lipinski definition) is 0. The molecule has 6 unspecified atom stereocenters. The maximum absolute atomic E-state index is 2.50. The van der Waals surface area contributed by atoms with Crippen molar-refractivity contribution in [3.63, 3.8) is 0 Å². The van der Waals surface area contributed by atoms with E-state index < -0.39 is 0 Å². The zero-order valence-electron chi connectivity index (χ0n) is 9.45. The predicted octanol–water partition coefficient (Wildman–Crippen LogP) is 3.88. The zero-order valence-corrected chi connectivity index (χ0v) is 9.45. The van der Waals surface area contributed by atoms with Crippen LogP contribution in [0.5, 0.6) is 0 Å². The lowest BCUT2D eigenvalue weighted by Gasteiger charge is -2.29.